The normalized spacial score (nSPS) is 23.8. The number of rotatable bonds is 4. The molecule has 132 valence electrons. The SMILES string of the molecule is O=C([C@H]1CCCO1)N1CCOC[C@H]1c1ncn(Cc2ccccc2)n1. The smallest absolute Gasteiger partial charge is 0.252 e. The van der Waals surface area contributed by atoms with E-state index in [2.05, 4.69) is 22.2 Å². The Bertz CT molecular complexity index is 712. The maximum atomic E-state index is 12.8. The summed E-state index contributed by atoms with van der Waals surface area (Å²) in [5.74, 6) is 0.659. The topological polar surface area (TPSA) is 69.5 Å². The van der Waals surface area contributed by atoms with E-state index in [4.69, 9.17) is 9.47 Å². The number of amides is 1. The molecule has 2 fully saturated rings. The van der Waals surface area contributed by atoms with Gasteiger partial charge in [0.25, 0.3) is 5.91 Å². The van der Waals surface area contributed by atoms with E-state index in [1.165, 1.54) is 0 Å². The van der Waals surface area contributed by atoms with E-state index < -0.39 is 0 Å². The lowest BCUT2D eigenvalue weighted by Crippen LogP contribution is -2.47. The van der Waals surface area contributed by atoms with Gasteiger partial charge in [0.2, 0.25) is 0 Å². The molecule has 1 aromatic carbocycles. The summed E-state index contributed by atoms with van der Waals surface area (Å²) in [5, 5.41) is 4.58. The number of morpholine rings is 1. The quantitative estimate of drug-likeness (QED) is 0.840. The van der Waals surface area contributed by atoms with Crippen LogP contribution in [0.3, 0.4) is 0 Å². The van der Waals surface area contributed by atoms with Crippen molar-refractivity contribution in [1.29, 1.82) is 0 Å². The van der Waals surface area contributed by atoms with Crippen LogP contribution >= 0.6 is 0 Å². The number of carbonyl (C=O) groups excluding carboxylic acids is 1. The molecule has 0 aliphatic carbocycles. The van der Waals surface area contributed by atoms with E-state index >= 15 is 0 Å². The van der Waals surface area contributed by atoms with Crippen molar-refractivity contribution in [1.82, 2.24) is 19.7 Å². The number of carbonyl (C=O) groups is 1. The van der Waals surface area contributed by atoms with E-state index in [0.29, 0.717) is 38.7 Å². The molecule has 2 aliphatic rings. The van der Waals surface area contributed by atoms with Crippen molar-refractivity contribution < 1.29 is 14.3 Å². The van der Waals surface area contributed by atoms with Crippen LogP contribution in [0.4, 0.5) is 0 Å². The number of hydrogen-bond acceptors (Lipinski definition) is 5. The van der Waals surface area contributed by atoms with E-state index in [1.807, 2.05) is 23.1 Å². The summed E-state index contributed by atoms with van der Waals surface area (Å²) in [7, 11) is 0. The summed E-state index contributed by atoms with van der Waals surface area (Å²) in [6.07, 6.45) is 3.12. The zero-order valence-corrected chi connectivity index (χ0v) is 14.1. The first-order chi connectivity index (χ1) is 12.3. The fraction of sp³-hybridized carbons (Fsp3) is 0.500. The molecule has 25 heavy (non-hydrogen) atoms. The van der Waals surface area contributed by atoms with Gasteiger partial charge in [-0.1, -0.05) is 30.3 Å². The highest BCUT2D eigenvalue weighted by Gasteiger charge is 2.36. The Morgan fingerprint density at radius 1 is 1.24 bits per heavy atom. The first-order valence-corrected chi connectivity index (χ1v) is 8.74. The second kappa shape index (κ2) is 7.33. The Morgan fingerprint density at radius 2 is 2.12 bits per heavy atom. The van der Waals surface area contributed by atoms with Crippen LogP contribution in [0.5, 0.6) is 0 Å². The van der Waals surface area contributed by atoms with Crippen LogP contribution in [0.1, 0.15) is 30.3 Å². The van der Waals surface area contributed by atoms with Crippen LogP contribution in [0, 0.1) is 0 Å². The number of benzene rings is 1. The molecule has 1 amide bonds. The molecule has 0 saturated carbocycles. The summed E-state index contributed by atoms with van der Waals surface area (Å²) in [6, 6.07) is 9.86. The Labute approximate surface area is 146 Å². The molecule has 1 aromatic heterocycles. The molecule has 2 aliphatic heterocycles. The van der Waals surface area contributed by atoms with E-state index in [9.17, 15) is 4.79 Å². The standard InChI is InChI=1S/C18H22N4O3/c23-18(16-7-4-9-25-16)22-8-10-24-12-15(22)17-19-13-21(20-17)11-14-5-2-1-3-6-14/h1-3,5-6,13,15-16H,4,7-12H2/t15-,16+/m0/s1. The van der Waals surface area contributed by atoms with Crippen molar-refractivity contribution in [2.75, 3.05) is 26.4 Å². The highest BCUT2D eigenvalue weighted by Crippen LogP contribution is 2.25. The fourth-order valence-electron chi connectivity index (χ4n) is 3.35. The molecule has 7 heteroatoms. The Balaban J connectivity index is 1.49. The predicted molar refractivity (Wildman–Crippen MR) is 89.8 cm³/mol. The van der Waals surface area contributed by atoms with Crippen molar-refractivity contribution in [2.45, 2.75) is 31.5 Å². The average Bonchev–Trinajstić information content (AvgIpc) is 3.34. The highest BCUT2D eigenvalue weighted by atomic mass is 16.5. The van der Waals surface area contributed by atoms with Gasteiger partial charge >= 0.3 is 0 Å². The molecule has 2 atom stereocenters. The van der Waals surface area contributed by atoms with Gasteiger partial charge in [0, 0.05) is 13.2 Å². The van der Waals surface area contributed by atoms with Gasteiger partial charge in [0.05, 0.1) is 19.8 Å². The summed E-state index contributed by atoms with van der Waals surface area (Å²) in [4.78, 5) is 19.0. The van der Waals surface area contributed by atoms with Gasteiger partial charge in [-0.3, -0.25) is 4.79 Å². The lowest BCUT2D eigenvalue weighted by atomic mass is 10.1. The van der Waals surface area contributed by atoms with Crippen LogP contribution in [0.25, 0.3) is 0 Å². The van der Waals surface area contributed by atoms with Crippen LogP contribution in [-0.4, -0.2) is 58.0 Å². The van der Waals surface area contributed by atoms with E-state index in [0.717, 1.165) is 18.4 Å². The van der Waals surface area contributed by atoms with E-state index in [-0.39, 0.29) is 18.1 Å². The maximum absolute atomic E-state index is 12.8. The van der Waals surface area contributed by atoms with Crippen molar-refractivity contribution >= 4 is 5.91 Å². The second-order valence-corrected chi connectivity index (χ2v) is 6.41. The van der Waals surface area contributed by atoms with Crippen molar-refractivity contribution in [3.8, 4) is 0 Å². The third-order valence-corrected chi connectivity index (χ3v) is 4.66. The zero-order valence-electron chi connectivity index (χ0n) is 14.1. The third kappa shape index (κ3) is 3.57. The molecule has 2 aromatic rings. The molecule has 0 N–H and O–H groups in total. The van der Waals surface area contributed by atoms with Gasteiger partial charge in [0.1, 0.15) is 18.5 Å². The van der Waals surface area contributed by atoms with Gasteiger partial charge in [-0.15, -0.1) is 0 Å². The third-order valence-electron chi connectivity index (χ3n) is 4.66. The Kier molecular flexibility index (Phi) is 4.76. The summed E-state index contributed by atoms with van der Waals surface area (Å²) in [6.45, 7) is 2.83. The lowest BCUT2D eigenvalue weighted by Gasteiger charge is -2.35. The second-order valence-electron chi connectivity index (χ2n) is 6.41. The minimum Gasteiger partial charge on any atom is -0.377 e. The average molecular weight is 342 g/mol. The van der Waals surface area contributed by atoms with Crippen molar-refractivity contribution in [3.05, 3.63) is 48.0 Å². The van der Waals surface area contributed by atoms with Gasteiger partial charge in [-0.05, 0) is 18.4 Å². The molecule has 0 spiro atoms. The van der Waals surface area contributed by atoms with Gasteiger partial charge in [0.15, 0.2) is 5.82 Å². The summed E-state index contributed by atoms with van der Waals surface area (Å²) < 4.78 is 12.9. The zero-order chi connectivity index (χ0) is 17.1. The molecular formula is C18H22N4O3. The molecule has 2 saturated heterocycles. The number of aromatic nitrogens is 3. The summed E-state index contributed by atoms with van der Waals surface area (Å²) in [5.41, 5.74) is 1.16. The van der Waals surface area contributed by atoms with Crippen LogP contribution in [-0.2, 0) is 20.8 Å². The molecule has 0 radical (unpaired) electrons. The molecule has 0 unspecified atom stereocenters. The minimum atomic E-state index is -0.327. The number of ether oxygens (including phenoxy) is 2. The van der Waals surface area contributed by atoms with Crippen LogP contribution in [0.15, 0.2) is 36.7 Å². The molecule has 7 nitrogen and oxygen atoms in total. The Hall–Kier alpha value is -2.25. The van der Waals surface area contributed by atoms with Gasteiger partial charge < -0.3 is 14.4 Å². The van der Waals surface area contributed by atoms with Gasteiger partial charge in [-0.2, -0.15) is 5.10 Å². The van der Waals surface area contributed by atoms with Crippen LogP contribution in [0.2, 0.25) is 0 Å². The Morgan fingerprint density at radius 3 is 2.92 bits per heavy atom. The minimum absolute atomic E-state index is 0.0326. The van der Waals surface area contributed by atoms with Gasteiger partial charge in [-0.25, -0.2) is 9.67 Å². The summed E-state index contributed by atoms with van der Waals surface area (Å²) >= 11 is 0. The van der Waals surface area contributed by atoms with E-state index in [1.54, 1.807) is 11.0 Å². The number of hydrogen-bond donors (Lipinski definition) is 0. The van der Waals surface area contributed by atoms with Crippen LogP contribution < -0.4 is 0 Å². The largest absolute Gasteiger partial charge is 0.377 e. The highest BCUT2D eigenvalue weighted by molar-refractivity contribution is 5.81. The molecule has 4 rings (SSSR count). The monoisotopic (exact) mass is 342 g/mol. The first kappa shape index (κ1) is 16.2. The fourth-order valence-corrected chi connectivity index (χ4v) is 3.35. The van der Waals surface area contributed by atoms with Crippen molar-refractivity contribution in [3.63, 3.8) is 0 Å². The maximum Gasteiger partial charge on any atom is 0.252 e. The number of nitrogens with zero attached hydrogens (tertiary/aromatic N) is 4. The molecule has 0 bridgehead atoms. The predicted octanol–water partition coefficient (Wildman–Crippen LogP) is 1.41. The molecule has 3 heterocycles. The molecular weight excluding hydrogens is 320 g/mol. The first-order valence-electron chi connectivity index (χ1n) is 8.74. The van der Waals surface area contributed by atoms with Crippen molar-refractivity contribution in [2.24, 2.45) is 0 Å². The lowest BCUT2D eigenvalue weighted by molar-refractivity contribution is -0.150.